The van der Waals surface area contributed by atoms with E-state index in [2.05, 4.69) is 5.32 Å². The lowest BCUT2D eigenvalue weighted by atomic mass is 10.2. The number of carbonyl (C=O) groups excluding carboxylic acids is 1. The van der Waals surface area contributed by atoms with Gasteiger partial charge in [-0.25, -0.2) is 0 Å². The molecular weight excluding hydrogens is 256 g/mol. The number of ether oxygens (including phenoxy) is 1. The number of fused-ring (bicyclic) bond motifs is 1. The number of unbranched alkanes of at least 4 members (excludes halogenated alkanes) is 2. The van der Waals surface area contributed by atoms with Crippen LogP contribution >= 0.6 is 0 Å². The summed E-state index contributed by atoms with van der Waals surface area (Å²) in [7, 11) is 1.80. The number of nitrogens with one attached hydrogen (secondary N) is 1. The molecule has 1 atom stereocenters. The summed E-state index contributed by atoms with van der Waals surface area (Å²) < 4.78 is 5.75. The van der Waals surface area contributed by atoms with Crippen LogP contribution < -0.4 is 10.1 Å². The molecule has 1 unspecified atom stereocenters. The number of carbonyl (C=O) groups is 1. The quantitative estimate of drug-likeness (QED) is 0.774. The predicted octanol–water partition coefficient (Wildman–Crippen LogP) is 1.48. The van der Waals surface area contributed by atoms with E-state index >= 15 is 0 Å². The minimum Gasteiger partial charge on any atom is -0.477 e. The van der Waals surface area contributed by atoms with Crippen LogP contribution in [0.15, 0.2) is 24.3 Å². The van der Waals surface area contributed by atoms with E-state index in [1.54, 1.807) is 11.9 Å². The minimum absolute atomic E-state index is 0.00370. The van der Waals surface area contributed by atoms with Crippen molar-refractivity contribution in [1.29, 1.82) is 0 Å². The number of nitrogens with zero attached hydrogens (tertiary/aromatic N) is 1. The van der Waals surface area contributed by atoms with E-state index in [-0.39, 0.29) is 12.5 Å². The lowest BCUT2D eigenvalue weighted by molar-refractivity contribution is -0.137. The molecule has 0 saturated heterocycles. The molecule has 1 aliphatic rings. The third kappa shape index (κ3) is 3.63. The molecule has 5 heteroatoms. The van der Waals surface area contributed by atoms with Crippen LogP contribution in [0.2, 0.25) is 0 Å². The smallest absolute Gasteiger partial charge is 0.265 e. The lowest BCUT2D eigenvalue weighted by Gasteiger charge is -2.29. The summed E-state index contributed by atoms with van der Waals surface area (Å²) in [5.41, 5.74) is 0.933. The van der Waals surface area contributed by atoms with Crippen LogP contribution in [0.25, 0.3) is 0 Å². The van der Waals surface area contributed by atoms with Gasteiger partial charge in [0.1, 0.15) is 5.75 Å². The van der Waals surface area contributed by atoms with Gasteiger partial charge >= 0.3 is 0 Å². The van der Waals surface area contributed by atoms with Gasteiger partial charge in [-0.05, 0) is 31.4 Å². The normalized spacial score (nSPS) is 16.8. The summed E-state index contributed by atoms with van der Waals surface area (Å²) in [6.45, 7) is 1.40. The molecule has 0 aromatic heterocycles. The summed E-state index contributed by atoms with van der Waals surface area (Å²) in [5, 5.41) is 11.9. The number of aliphatic hydroxyl groups excluding tert-OH is 1. The fourth-order valence-corrected chi connectivity index (χ4v) is 2.24. The van der Waals surface area contributed by atoms with Crippen molar-refractivity contribution >= 4 is 11.6 Å². The third-order valence-electron chi connectivity index (χ3n) is 3.44. The molecule has 0 aliphatic carbocycles. The maximum atomic E-state index is 12.3. The van der Waals surface area contributed by atoms with E-state index in [9.17, 15) is 4.79 Å². The van der Waals surface area contributed by atoms with Gasteiger partial charge < -0.3 is 20.1 Å². The average Bonchev–Trinajstić information content (AvgIpc) is 2.50. The van der Waals surface area contributed by atoms with Gasteiger partial charge in [0.25, 0.3) is 5.91 Å². The Morgan fingerprint density at radius 1 is 1.40 bits per heavy atom. The van der Waals surface area contributed by atoms with Crippen molar-refractivity contribution in [3.05, 3.63) is 24.3 Å². The number of likely N-dealkylation sites (N-methyl/N-ethyl adjacent to an activating group) is 1. The molecule has 2 N–H and O–H groups in total. The van der Waals surface area contributed by atoms with Gasteiger partial charge in [0.15, 0.2) is 6.10 Å². The zero-order valence-electron chi connectivity index (χ0n) is 11.8. The molecule has 1 amide bonds. The summed E-state index contributed by atoms with van der Waals surface area (Å²) in [5.74, 6) is 0.724. The molecule has 0 radical (unpaired) electrons. The average molecular weight is 278 g/mol. The minimum atomic E-state index is -0.465. The molecule has 110 valence electrons. The molecule has 1 heterocycles. The molecule has 5 nitrogen and oxygen atoms in total. The largest absolute Gasteiger partial charge is 0.477 e. The van der Waals surface area contributed by atoms with Gasteiger partial charge in [0.05, 0.1) is 12.2 Å². The number of anilines is 1. The summed E-state index contributed by atoms with van der Waals surface area (Å²) in [4.78, 5) is 14.0. The molecule has 1 aromatic carbocycles. The topological polar surface area (TPSA) is 61.8 Å². The number of para-hydroxylation sites is 2. The lowest BCUT2D eigenvalue weighted by Crippen LogP contribution is -2.45. The molecule has 2 rings (SSSR count). The van der Waals surface area contributed by atoms with Gasteiger partial charge in [0.2, 0.25) is 0 Å². The predicted molar refractivity (Wildman–Crippen MR) is 77.9 cm³/mol. The Bertz CT molecular complexity index is 450. The number of hydrogen-bond acceptors (Lipinski definition) is 4. The monoisotopic (exact) mass is 278 g/mol. The maximum Gasteiger partial charge on any atom is 0.265 e. The molecule has 0 spiro atoms. The Morgan fingerprint density at radius 2 is 2.20 bits per heavy atom. The van der Waals surface area contributed by atoms with Crippen molar-refractivity contribution in [3.8, 4) is 5.75 Å². The molecule has 1 aliphatic heterocycles. The van der Waals surface area contributed by atoms with Crippen molar-refractivity contribution in [1.82, 2.24) is 4.90 Å². The summed E-state index contributed by atoms with van der Waals surface area (Å²) in [6.07, 6.45) is 2.16. The van der Waals surface area contributed by atoms with Crippen LogP contribution in [0.4, 0.5) is 5.69 Å². The molecule has 1 aromatic rings. The van der Waals surface area contributed by atoms with Crippen LogP contribution in [0, 0.1) is 0 Å². The van der Waals surface area contributed by atoms with Gasteiger partial charge in [-0.2, -0.15) is 0 Å². The van der Waals surface area contributed by atoms with E-state index < -0.39 is 6.10 Å². The molecule has 0 bridgehead atoms. The molecule has 0 saturated carbocycles. The molecule has 0 fully saturated rings. The number of rotatable bonds is 6. The standard InChI is InChI=1S/C15H22N2O3/c1-17(9-5-2-6-10-18)15(19)14-11-16-12-7-3-4-8-13(12)20-14/h3-4,7-8,14,16,18H,2,5-6,9-11H2,1H3. The maximum absolute atomic E-state index is 12.3. The van der Waals surface area contributed by atoms with E-state index in [1.165, 1.54) is 0 Å². The first-order valence-electron chi connectivity index (χ1n) is 7.08. The van der Waals surface area contributed by atoms with E-state index in [0.717, 1.165) is 30.7 Å². The van der Waals surface area contributed by atoms with E-state index in [1.807, 2.05) is 24.3 Å². The van der Waals surface area contributed by atoms with Crippen molar-refractivity contribution in [3.63, 3.8) is 0 Å². The van der Waals surface area contributed by atoms with Crippen LogP contribution in [0.5, 0.6) is 5.75 Å². The highest BCUT2D eigenvalue weighted by Gasteiger charge is 2.27. The molecule has 20 heavy (non-hydrogen) atoms. The Labute approximate surface area is 119 Å². The van der Waals surface area contributed by atoms with Crippen LogP contribution in [-0.4, -0.2) is 48.8 Å². The molecular formula is C15H22N2O3. The third-order valence-corrected chi connectivity index (χ3v) is 3.44. The van der Waals surface area contributed by atoms with Gasteiger partial charge in [-0.15, -0.1) is 0 Å². The van der Waals surface area contributed by atoms with Crippen molar-refractivity contribution in [2.45, 2.75) is 25.4 Å². The Hall–Kier alpha value is -1.75. The fourth-order valence-electron chi connectivity index (χ4n) is 2.24. The first-order valence-corrected chi connectivity index (χ1v) is 7.08. The second-order valence-electron chi connectivity index (χ2n) is 5.03. The highest BCUT2D eigenvalue weighted by molar-refractivity contribution is 5.82. The summed E-state index contributed by atoms with van der Waals surface area (Å²) in [6, 6.07) is 7.63. The Morgan fingerprint density at radius 3 is 3.00 bits per heavy atom. The van der Waals surface area contributed by atoms with Crippen molar-refractivity contribution in [2.75, 3.05) is 32.1 Å². The van der Waals surface area contributed by atoms with Crippen molar-refractivity contribution < 1.29 is 14.6 Å². The highest BCUT2D eigenvalue weighted by atomic mass is 16.5. The first-order chi connectivity index (χ1) is 9.72. The summed E-state index contributed by atoms with van der Waals surface area (Å²) >= 11 is 0. The van der Waals surface area contributed by atoms with Crippen LogP contribution in [-0.2, 0) is 4.79 Å². The van der Waals surface area contributed by atoms with Gasteiger partial charge in [-0.3, -0.25) is 4.79 Å². The Balaban J connectivity index is 1.84. The second kappa shape index (κ2) is 7.14. The number of hydrogen-bond donors (Lipinski definition) is 2. The van der Waals surface area contributed by atoms with E-state index in [0.29, 0.717) is 13.1 Å². The zero-order chi connectivity index (χ0) is 14.4. The van der Waals surface area contributed by atoms with Crippen molar-refractivity contribution in [2.24, 2.45) is 0 Å². The van der Waals surface area contributed by atoms with Crippen LogP contribution in [0.3, 0.4) is 0 Å². The second-order valence-corrected chi connectivity index (χ2v) is 5.03. The zero-order valence-corrected chi connectivity index (χ0v) is 11.8. The first kappa shape index (κ1) is 14.7. The number of aliphatic hydroxyl groups is 1. The number of benzene rings is 1. The van der Waals surface area contributed by atoms with Gasteiger partial charge in [-0.1, -0.05) is 12.1 Å². The Kier molecular flexibility index (Phi) is 5.24. The fraction of sp³-hybridized carbons (Fsp3) is 0.533. The van der Waals surface area contributed by atoms with E-state index in [4.69, 9.17) is 9.84 Å². The highest BCUT2D eigenvalue weighted by Crippen LogP contribution is 2.28. The number of amides is 1. The van der Waals surface area contributed by atoms with Gasteiger partial charge in [0, 0.05) is 20.2 Å². The van der Waals surface area contributed by atoms with Crippen LogP contribution in [0.1, 0.15) is 19.3 Å². The SMILES string of the molecule is CN(CCCCCO)C(=O)C1CNc2ccccc2O1.